The number of halogens is 1. The average Bonchev–Trinajstić information content (AvgIpc) is 2.79. The first-order chi connectivity index (χ1) is 8.81. The van der Waals surface area contributed by atoms with Crippen LogP contribution in [0.1, 0.15) is 30.3 Å². The smallest absolute Gasteiger partial charge is 0.125 e. The van der Waals surface area contributed by atoms with Gasteiger partial charge in [-0.1, -0.05) is 12.1 Å². The van der Waals surface area contributed by atoms with Gasteiger partial charge in [0.2, 0.25) is 0 Å². The molecule has 0 radical (unpaired) electrons. The first-order valence-electron chi connectivity index (χ1n) is 6.41. The van der Waals surface area contributed by atoms with Crippen molar-refractivity contribution in [2.45, 2.75) is 31.7 Å². The zero-order valence-electron chi connectivity index (χ0n) is 10.5. The summed E-state index contributed by atoms with van der Waals surface area (Å²) in [6, 6.07) is 6.90. The van der Waals surface area contributed by atoms with Crippen molar-refractivity contribution in [1.82, 2.24) is 9.55 Å². The first-order valence-corrected chi connectivity index (χ1v) is 8.10. The van der Waals surface area contributed by atoms with Crippen LogP contribution in [0.2, 0.25) is 0 Å². The molecule has 0 spiro atoms. The Labute approximate surface area is 117 Å². The van der Waals surface area contributed by atoms with Gasteiger partial charge in [0.1, 0.15) is 5.82 Å². The van der Waals surface area contributed by atoms with E-state index in [9.17, 15) is 0 Å². The number of imidazole rings is 1. The lowest BCUT2D eigenvalue weighted by Gasteiger charge is -2.25. The maximum atomic E-state index is 6.09. The van der Waals surface area contributed by atoms with E-state index in [0.717, 1.165) is 11.3 Å². The Bertz CT molecular complexity index is 558. The molecule has 1 aromatic carbocycles. The van der Waals surface area contributed by atoms with Crippen LogP contribution in [-0.2, 0) is 5.88 Å². The minimum absolute atomic E-state index is 0.498. The molecule has 18 heavy (non-hydrogen) atoms. The summed E-state index contributed by atoms with van der Waals surface area (Å²) in [5.74, 6) is 4.02. The van der Waals surface area contributed by atoms with Crippen molar-refractivity contribution in [3.8, 4) is 0 Å². The highest BCUT2D eigenvalue weighted by Crippen LogP contribution is 2.33. The van der Waals surface area contributed by atoms with Crippen molar-refractivity contribution >= 4 is 34.4 Å². The van der Waals surface area contributed by atoms with Gasteiger partial charge in [0.05, 0.1) is 16.9 Å². The third-order valence-electron chi connectivity index (χ3n) is 3.66. The zero-order chi connectivity index (χ0) is 12.5. The molecule has 1 aliphatic rings. The van der Waals surface area contributed by atoms with E-state index in [4.69, 9.17) is 16.6 Å². The van der Waals surface area contributed by atoms with E-state index in [1.165, 1.54) is 35.4 Å². The molecular formula is C14H17ClN2S. The van der Waals surface area contributed by atoms with Gasteiger partial charge in [0, 0.05) is 6.04 Å². The third-order valence-corrected chi connectivity index (χ3v) is 4.95. The molecule has 0 N–H and O–H groups in total. The van der Waals surface area contributed by atoms with Crippen LogP contribution >= 0.6 is 23.4 Å². The van der Waals surface area contributed by atoms with Crippen LogP contribution in [0.3, 0.4) is 0 Å². The fourth-order valence-corrected chi connectivity index (χ4v) is 4.07. The number of alkyl halides is 1. The molecule has 0 aliphatic carbocycles. The lowest BCUT2D eigenvalue weighted by Crippen LogP contribution is -2.17. The Hall–Kier alpha value is -0.670. The molecule has 1 fully saturated rings. The molecule has 2 heterocycles. The van der Waals surface area contributed by atoms with Crippen molar-refractivity contribution in [2.75, 3.05) is 11.5 Å². The summed E-state index contributed by atoms with van der Waals surface area (Å²) in [5, 5.41) is 0. The van der Waals surface area contributed by atoms with E-state index >= 15 is 0 Å². The molecular weight excluding hydrogens is 264 g/mol. The Kier molecular flexibility index (Phi) is 3.53. The molecule has 0 unspecified atom stereocenters. The number of hydrogen-bond donors (Lipinski definition) is 0. The van der Waals surface area contributed by atoms with Crippen LogP contribution in [0.4, 0.5) is 0 Å². The van der Waals surface area contributed by atoms with Crippen LogP contribution in [0.25, 0.3) is 11.0 Å². The average molecular weight is 281 g/mol. The lowest BCUT2D eigenvalue weighted by atomic mass is 10.1. The Balaban J connectivity index is 2.17. The monoisotopic (exact) mass is 280 g/mol. The lowest BCUT2D eigenvalue weighted by molar-refractivity contribution is 0.469. The van der Waals surface area contributed by atoms with Gasteiger partial charge in [-0.15, -0.1) is 11.6 Å². The highest BCUT2D eigenvalue weighted by molar-refractivity contribution is 7.99. The summed E-state index contributed by atoms with van der Waals surface area (Å²) in [6.07, 6.45) is 2.46. The normalized spacial score (nSPS) is 17.4. The van der Waals surface area contributed by atoms with E-state index in [2.05, 4.69) is 41.5 Å². The maximum Gasteiger partial charge on any atom is 0.125 e. The van der Waals surface area contributed by atoms with Gasteiger partial charge in [-0.2, -0.15) is 11.8 Å². The molecule has 0 atom stereocenters. The zero-order valence-corrected chi connectivity index (χ0v) is 12.1. The van der Waals surface area contributed by atoms with Gasteiger partial charge in [0.25, 0.3) is 0 Å². The molecule has 1 aliphatic heterocycles. The number of nitrogens with zero attached hydrogens (tertiary/aromatic N) is 2. The highest BCUT2D eigenvalue weighted by atomic mass is 35.5. The number of thioether (sulfide) groups is 1. The van der Waals surface area contributed by atoms with Crippen molar-refractivity contribution in [2.24, 2.45) is 0 Å². The van der Waals surface area contributed by atoms with Gasteiger partial charge in [-0.3, -0.25) is 0 Å². The molecule has 0 amide bonds. The summed E-state index contributed by atoms with van der Waals surface area (Å²) in [7, 11) is 0. The number of benzene rings is 1. The Morgan fingerprint density at radius 1 is 1.39 bits per heavy atom. The number of para-hydroxylation sites is 1. The van der Waals surface area contributed by atoms with Crippen LogP contribution in [0.15, 0.2) is 18.2 Å². The predicted octanol–water partition coefficient (Wildman–Crippen LogP) is 4.15. The summed E-state index contributed by atoms with van der Waals surface area (Å²) < 4.78 is 2.40. The summed E-state index contributed by atoms with van der Waals surface area (Å²) in [6.45, 7) is 2.16. The molecule has 0 bridgehead atoms. The molecule has 1 aromatic heterocycles. The Morgan fingerprint density at radius 2 is 2.17 bits per heavy atom. The van der Waals surface area contributed by atoms with Crippen molar-refractivity contribution in [3.63, 3.8) is 0 Å². The topological polar surface area (TPSA) is 17.8 Å². The SMILES string of the molecule is Cc1cccc2nc(CCl)n(C3CCSCC3)c12. The highest BCUT2D eigenvalue weighted by Gasteiger charge is 2.21. The van der Waals surface area contributed by atoms with Gasteiger partial charge in [-0.05, 0) is 42.9 Å². The second-order valence-corrected chi connectivity index (χ2v) is 6.31. The quantitative estimate of drug-likeness (QED) is 0.769. The fraction of sp³-hybridized carbons (Fsp3) is 0.500. The van der Waals surface area contributed by atoms with Crippen molar-refractivity contribution in [3.05, 3.63) is 29.6 Å². The summed E-state index contributed by atoms with van der Waals surface area (Å²) in [4.78, 5) is 4.69. The largest absolute Gasteiger partial charge is 0.324 e. The van der Waals surface area contributed by atoms with Gasteiger partial charge in [0.15, 0.2) is 0 Å². The molecule has 2 nitrogen and oxygen atoms in total. The second-order valence-electron chi connectivity index (χ2n) is 4.82. The molecule has 1 saturated heterocycles. The van der Waals surface area contributed by atoms with Gasteiger partial charge >= 0.3 is 0 Å². The summed E-state index contributed by atoms with van der Waals surface area (Å²) in [5.41, 5.74) is 3.67. The van der Waals surface area contributed by atoms with E-state index < -0.39 is 0 Å². The molecule has 0 saturated carbocycles. The van der Waals surface area contributed by atoms with Crippen LogP contribution in [0, 0.1) is 6.92 Å². The van der Waals surface area contributed by atoms with E-state index in [0.29, 0.717) is 11.9 Å². The molecule has 2 aromatic rings. The number of fused-ring (bicyclic) bond motifs is 1. The molecule has 3 rings (SSSR count). The molecule has 4 heteroatoms. The Morgan fingerprint density at radius 3 is 2.89 bits per heavy atom. The van der Waals surface area contributed by atoms with E-state index in [-0.39, 0.29) is 0 Å². The predicted molar refractivity (Wildman–Crippen MR) is 79.6 cm³/mol. The standard InChI is InChI=1S/C14H17ClN2S/c1-10-3-2-4-12-14(10)17(13(9-15)16-12)11-5-7-18-8-6-11/h2-4,11H,5-9H2,1H3. The number of rotatable bonds is 2. The minimum atomic E-state index is 0.498. The number of hydrogen-bond acceptors (Lipinski definition) is 2. The summed E-state index contributed by atoms with van der Waals surface area (Å²) >= 11 is 8.14. The molecule has 96 valence electrons. The number of aromatic nitrogens is 2. The van der Waals surface area contributed by atoms with Crippen LogP contribution in [0.5, 0.6) is 0 Å². The first kappa shape index (κ1) is 12.4. The van der Waals surface area contributed by atoms with Gasteiger partial charge < -0.3 is 4.57 Å². The van der Waals surface area contributed by atoms with E-state index in [1.54, 1.807) is 0 Å². The fourth-order valence-electron chi connectivity index (χ4n) is 2.80. The second kappa shape index (κ2) is 5.14. The van der Waals surface area contributed by atoms with Gasteiger partial charge in [-0.25, -0.2) is 4.98 Å². The number of aryl methyl sites for hydroxylation is 1. The van der Waals surface area contributed by atoms with E-state index in [1.807, 2.05) is 0 Å². The maximum absolute atomic E-state index is 6.09. The van der Waals surface area contributed by atoms with Crippen molar-refractivity contribution < 1.29 is 0 Å². The van der Waals surface area contributed by atoms with Crippen LogP contribution < -0.4 is 0 Å². The van der Waals surface area contributed by atoms with Crippen LogP contribution in [-0.4, -0.2) is 21.1 Å². The third kappa shape index (κ3) is 2.04. The minimum Gasteiger partial charge on any atom is -0.324 e. The van der Waals surface area contributed by atoms with Crippen molar-refractivity contribution in [1.29, 1.82) is 0 Å².